The van der Waals surface area contributed by atoms with Gasteiger partial charge < -0.3 is 4.18 Å². The molecule has 0 aromatic carbocycles. The Bertz CT molecular complexity index is 245. The normalized spacial score (nSPS) is 9.78. The van der Waals surface area contributed by atoms with Crippen LogP contribution in [-0.2, 0) is 14.6 Å². The Hall–Kier alpha value is -1.06. The van der Waals surface area contributed by atoms with Gasteiger partial charge in [-0.3, -0.25) is 4.55 Å². The minimum absolute atomic E-state index is 0.669. The van der Waals surface area contributed by atoms with Crippen LogP contribution in [0.2, 0.25) is 0 Å². The molecule has 0 aliphatic rings. The molecule has 0 rings (SSSR count). The summed E-state index contributed by atoms with van der Waals surface area (Å²) in [5.74, 6) is -0.669. The van der Waals surface area contributed by atoms with Gasteiger partial charge in [-0.25, -0.2) is 0 Å². The number of nitriles is 1. The Morgan fingerprint density at radius 3 is 2.33 bits per heavy atom. The summed E-state index contributed by atoms with van der Waals surface area (Å²) in [4.78, 5) is 0. The molecule has 0 unspecified atom stereocenters. The second-order valence-corrected chi connectivity index (χ2v) is 2.07. The Labute approximate surface area is 52.1 Å². The summed E-state index contributed by atoms with van der Waals surface area (Å²) in [6.07, 6.45) is 0. The topological polar surface area (TPSA) is 87.4 Å². The molecule has 0 aromatic rings. The van der Waals surface area contributed by atoms with Gasteiger partial charge in [0.1, 0.15) is 6.07 Å². The van der Waals surface area contributed by atoms with E-state index in [9.17, 15) is 8.42 Å². The highest BCUT2D eigenvalue weighted by Crippen LogP contribution is 1.95. The molecule has 6 heteroatoms. The number of rotatable bonds is 2. The van der Waals surface area contributed by atoms with Crippen molar-refractivity contribution >= 4 is 10.4 Å². The first kappa shape index (κ1) is 7.94. The van der Waals surface area contributed by atoms with Crippen molar-refractivity contribution in [2.45, 2.75) is 0 Å². The minimum atomic E-state index is -4.56. The van der Waals surface area contributed by atoms with E-state index in [1.165, 1.54) is 6.07 Å². The van der Waals surface area contributed by atoms with Gasteiger partial charge in [0.15, 0.2) is 0 Å². The first-order valence-corrected chi connectivity index (χ1v) is 3.08. The lowest BCUT2D eigenvalue weighted by molar-refractivity contribution is 0.343. The van der Waals surface area contributed by atoms with E-state index in [0.29, 0.717) is 0 Å². The van der Waals surface area contributed by atoms with E-state index in [4.69, 9.17) is 9.81 Å². The highest BCUT2D eigenvalue weighted by molar-refractivity contribution is 7.81. The van der Waals surface area contributed by atoms with E-state index in [1.54, 1.807) is 0 Å². The maximum absolute atomic E-state index is 9.72. The van der Waals surface area contributed by atoms with Gasteiger partial charge >= 0.3 is 10.4 Å². The fourth-order valence-corrected chi connectivity index (χ4v) is 0.437. The lowest BCUT2D eigenvalue weighted by Gasteiger charge is -1.92. The highest BCUT2D eigenvalue weighted by atomic mass is 32.3. The van der Waals surface area contributed by atoms with Gasteiger partial charge in [0.2, 0.25) is 5.76 Å². The van der Waals surface area contributed by atoms with E-state index < -0.39 is 16.2 Å². The van der Waals surface area contributed by atoms with Gasteiger partial charge in [-0.2, -0.15) is 13.7 Å². The Kier molecular flexibility index (Phi) is 2.19. The summed E-state index contributed by atoms with van der Waals surface area (Å²) in [6, 6.07) is 1.27. The summed E-state index contributed by atoms with van der Waals surface area (Å²) in [5, 5.41) is 7.85. The van der Waals surface area contributed by atoms with Crippen molar-refractivity contribution < 1.29 is 17.2 Å². The molecule has 0 spiro atoms. The summed E-state index contributed by atoms with van der Waals surface area (Å²) >= 11 is 0. The van der Waals surface area contributed by atoms with Crippen molar-refractivity contribution in [3.63, 3.8) is 0 Å². The Morgan fingerprint density at radius 2 is 2.22 bits per heavy atom. The predicted octanol–water partition coefficient (Wildman–Crippen LogP) is -0.157. The fraction of sp³-hybridized carbons (Fsp3) is 0. The van der Waals surface area contributed by atoms with Crippen LogP contribution >= 0.6 is 0 Å². The molecule has 0 saturated heterocycles. The second-order valence-electron chi connectivity index (χ2n) is 1.05. The molecule has 0 amide bonds. The monoisotopic (exact) mass is 149 g/mol. The summed E-state index contributed by atoms with van der Waals surface area (Å²) in [5.41, 5.74) is 0. The lowest BCUT2D eigenvalue weighted by atomic mass is 10.7. The van der Waals surface area contributed by atoms with Crippen LogP contribution < -0.4 is 0 Å². The van der Waals surface area contributed by atoms with Gasteiger partial charge in [-0.15, -0.1) is 0 Å². The van der Waals surface area contributed by atoms with Gasteiger partial charge in [-0.05, 0) is 6.58 Å². The van der Waals surface area contributed by atoms with Crippen LogP contribution in [0.3, 0.4) is 0 Å². The third-order valence-electron chi connectivity index (χ3n) is 0.331. The maximum Gasteiger partial charge on any atom is 0.447 e. The number of hydrogen-bond acceptors (Lipinski definition) is 4. The van der Waals surface area contributed by atoms with Gasteiger partial charge in [-0.1, -0.05) is 0 Å². The van der Waals surface area contributed by atoms with Crippen LogP contribution in [0.4, 0.5) is 0 Å². The standard InChI is InChI=1S/C3H3NO4S/c1-3(2-4)8-9(5,6)7/h1H2,(H,5,6,7). The zero-order valence-electron chi connectivity index (χ0n) is 4.23. The summed E-state index contributed by atoms with van der Waals surface area (Å²) < 4.78 is 30.9. The largest absolute Gasteiger partial charge is 0.447 e. The van der Waals surface area contributed by atoms with E-state index in [1.807, 2.05) is 0 Å². The van der Waals surface area contributed by atoms with Gasteiger partial charge in [0.05, 0.1) is 0 Å². The van der Waals surface area contributed by atoms with Gasteiger partial charge in [0, 0.05) is 0 Å². The van der Waals surface area contributed by atoms with Crippen LogP contribution in [0.25, 0.3) is 0 Å². The van der Waals surface area contributed by atoms with Crippen LogP contribution in [0.1, 0.15) is 0 Å². The fourth-order valence-electron chi connectivity index (χ4n) is 0.146. The van der Waals surface area contributed by atoms with Crippen LogP contribution in [0.15, 0.2) is 12.3 Å². The predicted molar refractivity (Wildman–Crippen MR) is 27.4 cm³/mol. The van der Waals surface area contributed by atoms with Crippen molar-refractivity contribution in [2.24, 2.45) is 0 Å². The van der Waals surface area contributed by atoms with Gasteiger partial charge in [0.25, 0.3) is 0 Å². The molecule has 0 fully saturated rings. The molecular weight excluding hydrogens is 146 g/mol. The van der Waals surface area contributed by atoms with Crippen molar-refractivity contribution in [3.05, 3.63) is 12.3 Å². The first-order chi connectivity index (χ1) is 3.95. The molecule has 0 aliphatic carbocycles. The molecule has 50 valence electrons. The van der Waals surface area contributed by atoms with Crippen molar-refractivity contribution in [1.29, 1.82) is 5.26 Å². The number of allylic oxidation sites excluding steroid dienone is 1. The molecule has 1 N–H and O–H groups in total. The molecule has 0 bridgehead atoms. The Balaban J connectivity index is 4.12. The summed E-state index contributed by atoms with van der Waals surface area (Å²) in [7, 11) is -4.56. The van der Waals surface area contributed by atoms with E-state index in [0.717, 1.165) is 0 Å². The zero-order chi connectivity index (χ0) is 7.49. The first-order valence-electron chi connectivity index (χ1n) is 1.71. The average Bonchev–Trinajstić information content (AvgIpc) is 1.62. The zero-order valence-corrected chi connectivity index (χ0v) is 5.05. The molecule has 0 aromatic heterocycles. The second kappa shape index (κ2) is 2.48. The molecule has 9 heavy (non-hydrogen) atoms. The average molecular weight is 149 g/mol. The number of hydrogen-bond donors (Lipinski definition) is 1. The maximum atomic E-state index is 9.72. The van der Waals surface area contributed by atoms with Crippen molar-refractivity contribution in [1.82, 2.24) is 0 Å². The number of nitrogens with zero attached hydrogens (tertiary/aromatic N) is 1. The molecule has 0 atom stereocenters. The third kappa shape index (κ3) is 4.80. The molecule has 0 heterocycles. The van der Waals surface area contributed by atoms with Crippen LogP contribution in [-0.4, -0.2) is 13.0 Å². The van der Waals surface area contributed by atoms with E-state index >= 15 is 0 Å². The molecule has 0 aliphatic heterocycles. The van der Waals surface area contributed by atoms with E-state index in [-0.39, 0.29) is 0 Å². The molecule has 5 nitrogen and oxygen atoms in total. The Morgan fingerprint density at radius 1 is 1.78 bits per heavy atom. The molecule has 0 saturated carbocycles. The van der Waals surface area contributed by atoms with E-state index in [2.05, 4.69) is 10.8 Å². The lowest BCUT2D eigenvalue weighted by Crippen LogP contribution is -2.00. The summed E-state index contributed by atoms with van der Waals surface area (Å²) in [6.45, 7) is 2.84. The van der Waals surface area contributed by atoms with Crippen molar-refractivity contribution in [2.75, 3.05) is 0 Å². The smallest absolute Gasteiger partial charge is 0.351 e. The van der Waals surface area contributed by atoms with Crippen LogP contribution in [0, 0.1) is 11.3 Å². The quantitative estimate of drug-likeness (QED) is 0.335. The molecular formula is C3H3NO4S. The SMILES string of the molecule is C=C(C#N)OS(=O)(=O)O. The van der Waals surface area contributed by atoms with Crippen LogP contribution in [0.5, 0.6) is 0 Å². The molecule has 0 radical (unpaired) electrons. The van der Waals surface area contributed by atoms with Crippen molar-refractivity contribution in [3.8, 4) is 6.07 Å². The third-order valence-corrected chi connectivity index (χ3v) is 0.742. The minimum Gasteiger partial charge on any atom is -0.351 e. The highest BCUT2D eigenvalue weighted by Gasteiger charge is 2.05.